The number of ether oxygens (including phenoxy) is 1. The summed E-state index contributed by atoms with van der Waals surface area (Å²) in [6, 6.07) is 16.1. The Kier molecular flexibility index (Phi) is 7.85. The van der Waals surface area contributed by atoms with Crippen molar-refractivity contribution in [3.63, 3.8) is 0 Å². The van der Waals surface area contributed by atoms with E-state index in [0.717, 1.165) is 73.1 Å². The molecule has 1 aliphatic rings. The Bertz CT molecular complexity index is 1140. The lowest BCUT2D eigenvalue weighted by Gasteiger charge is -2.32. The minimum atomic E-state index is -0.00370. The molecule has 0 bridgehead atoms. The van der Waals surface area contributed by atoms with E-state index < -0.39 is 0 Å². The molecule has 1 saturated heterocycles. The molecule has 7 heteroatoms. The summed E-state index contributed by atoms with van der Waals surface area (Å²) >= 11 is 0. The van der Waals surface area contributed by atoms with E-state index in [1.54, 1.807) is 13.4 Å². The molecule has 1 aliphatic heterocycles. The standard InChI is InChI=1S/C28H35N5O2/c1-5-32(6-2)23-9-12-25(20(3)17-23)31-28(34)22-13-15-33(16-14-22)27-18-26(29-19-30-27)21-7-10-24(35-4)11-8-21/h7-12,17-19,22H,5-6,13-16H2,1-4H3,(H,31,34). The molecule has 0 unspecified atom stereocenters. The molecule has 2 heterocycles. The minimum Gasteiger partial charge on any atom is -0.497 e. The number of methoxy groups -OCH3 is 1. The maximum absolute atomic E-state index is 13.0. The summed E-state index contributed by atoms with van der Waals surface area (Å²) in [5, 5.41) is 3.16. The number of rotatable bonds is 8. The summed E-state index contributed by atoms with van der Waals surface area (Å²) in [7, 11) is 1.66. The van der Waals surface area contributed by atoms with Gasteiger partial charge in [-0.25, -0.2) is 9.97 Å². The molecule has 184 valence electrons. The van der Waals surface area contributed by atoms with Crippen LogP contribution in [-0.2, 0) is 4.79 Å². The number of carbonyl (C=O) groups excluding carboxylic acids is 1. The maximum Gasteiger partial charge on any atom is 0.227 e. The van der Waals surface area contributed by atoms with Gasteiger partial charge in [0.15, 0.2) is 0 Å². The van der Waals surface area contributed by atoms with Crippen LogP contribution in [0, 0.1) is 12.8 Å². The molecule has 7 nitrogen and oxygen atoms in total. The van der Waals surface area contributed by atoms with Crippen LogP contribution in [0.2, 0.25) is 0 Å². The van der Waals surface area contributed by atoms with Crippen LogP contribution in [0.25, 0.3) is 11.3 Å². The van der Waals surface area contributed by atoms with E-state index in [9.17, 15) is 4.79 Å². The predicted octanol–water partition coefficient (Wildman–Crippen LogP) is 5.16. The zero-order chi connectivity index (χ0) is 24.8. The molecule has 4 rings (SSSR count). The molecule has 1 fully saturated rings. The average Bonchev–Trinajstić information content (AvgIpc) is 2.91. The number of nitrogens with one attached hydrogen (secondary N) is 1. The molecule has 3 aromatic rings. The van der Waals surface area contributed by atoms with Gasteiger partial charge in [-0.2, -0.15) is 0 Å². The lowest BCUT2D eigenvalue weighted by atomic mass is 9.95. The zero-order valence-electron chi connectivity index (χ0n) is 21.1. The SMILES string of the molecule is CCN(CC)c1ccc(NC(=O)C2CCN(c3cc(-c4ccc(OC)cc4)ncn3)CC2)c(C)c1. The minimum absolute atomic E-state index is 0.00370. The first-order chi connectivity index (χ1) is 17.0. The Morgan fingerprint density at radius 3 is 2.40 bits per heavy atom. The summed E-state index contributed by atoms with van der Waals surface area (Å²) in [6.45, 7) is 9.88. The number of hydrogen-bond acceptors (Lipinski definition) is 6. The van der Waals surface area contributed by atoms with E-state index >= 15 is 0 Å². The van der Waals surface area contributed by atoms with Crippen LogP contribution >= 0.6 is 0 Å². The van der Waals surface area contributed by atoms with Gasteiger partial charge >= 0.3 is 0 Å². The molecule has 1 amide bonds. The Morgan fingerprint density at radius 1 is 1.06 bits per heavy atom. The van der Waals surface area contributed by atoms with Crippen LogP contribution in [0.15, 0.2) is 54.9 Å². The van der Waals surface area contributed by atoms with Crippen molar-refractivity contribution >= 4 is 23.1 Å². The lowest BCUT2D eigenvalue weighted by Crippen LogP contribution is -2.38. The van der Waals surface area contributed by atoms with Crippen LogP contribution in [0.5, 0.6) is 5.75 Å². The van der Waals surface area contributed by atoms with Gasteiger partial charge in [0.25, 0.3) is 0 Å². The quantitative estimate of drug-likeness (QED) is 0.487. The number of nitrogens with zero attached hydrogens (tertiary/aromatic N) is 4. The highest BCUT2D eigenvalue weighted by Crippen LogP contribution is 2.28. The van der Waals surface area contributed by atoms with Crippen molar-refractivity contribution in [3.8, 4) is 17.0 Å². The first-order valence-electron chi connectivity index (χ1n) is 12.4. The fraction of sp³-hybridized carbons (Fsp3) is 0.393. The van der Waals surface area contributed by atoms with E-state index in [1.807, 2.05) is 36.4 Å². The molecule has 0 spiro atoms. The van der Waals surface area contributed by atoms with Crippen molar-refractivity contribution < 1.29 is 9.53 Å². The van der Waals surface area contributed by atoms with E-state index in [2.05, 4.69) is 58.0 Å². The first-order valence-corrected chi connectivity index (χ1v) is 12.4. The van der Waals surface area contributed by atoms with E-state index in [4.69, 9.17) is 4.74 Å². The molecule has 2 aromatic carbocycles. The zero-order valence-corrected chi connectivity index (χ0v) is 21.1. The summed E-state index contributed by atoms with van der Waals surface area (Å²) in [5.41, 5.74) is 5.07. The third-order valence-corrected chi connectivity index (χ3v) is 6.82. The monoisotopic (exact) mass is 473 g/mol. The van der Waals surface area contributed by atoms with Crippen molar-refractivity contribution in [1.29, 1.82) is 0 Å². The number of benzene rings is 2. The first kappa shape index (κ1) is 24.5. The predicted molar refractivity (Wildman–Crippen MR) is 142 cm³/mol. The van der Waals surface area contributed by atoms with Crippen LogP contribution < -0.4 is 19.9 Å². The average molecular weight is 474 g/mol. The molecule has 0 saturated carbocycles. The van der Waals surface area contributed by atoms with Gasteiger partial charge < -0.3 is 19.9 Å². The van der Waals surface area contributed by atoms with Gasteiger partial charge in [0.1, 0.15) is 17.9 Å². The highest BCUT2D eigenvalue weighted by molar-refractivity contribution is 5.93. The van der Waals surface area contributed by atoms with Crippen molar-refractivity contribution in [1.82, 2.24) is 9.97 Å². The fourth-order valence-electron chi connectivity index (χ4n) is 4.62. The second-order valence-corrected chi connectivity index (χ2v) is 8.91. The Hall–Kier alpha value is -3.61. The van der Waals surface area contributed by atoms with Crippen LogP contribution in [0.3, 0.4) is 0 Å². The Morgan fingerprint density at radius 2 is 1.77 bits per heavy atom. The van der Waals surface area contributed by atoms with Crippen molar-refractivity contribution in [2.45, 2.75) is 33.6 Å². The highest BCUT2D eigenvalue weighted by Gasteiger charge is 2.26. The van der Waals surface area contributed by atoms with Crippen LogP contribution in [0.4, 0.5) is 17.2 Å². The molecule has 0 aliphatic carbocycles. The van der Waals surface area contributed by atoms with Gasteiger partial charge in [-0.05, 0) is 81.6 Å². The summed E-state index contributed by atoms with van der Waals surface area (Å²) in [4.78, 5) is 26.5. The largest absolute Gasteiger partial charge is 0.497 e. The molecule has 35 heavy (non-hydrogen) atoms. The maximum atomic E-state index is 13.0. The highest BCUT2D eigenvalue weighted by atomic mass is 16.5. The Balaban J connectivity index is 1.36. The second-order valence-electron chi connectivity index (χ2n) is 8.91. The topological polar surface area (TPSA) is 70.6 Å². The number of hydrogen-bond donors (Lipinski definition) is 1. The number of anilines is 3. The van der Waals surface area contributed by atoms with Crippen molar-refractivity contribution in [2.75, 3.05) is 48.4 Å². The number of aryl methyl sites for hydroxylation is 1. The summed E-state index contributed by atoms with van der Waals surface area (Å²) in [6.07, 6.45) is 3.20. The van der Waals surface area contributed by atoms with Crippen LogP contribution in [-0.4, -0.2) is 49.2 Å². The fourth-order valence-corrected chi connectivity index (χ4v) is 4.62. The van der Waals surface area contributed by atoms with Gasteiger partial charge in [-0.1, -0.05) is 0 Å². The number of aromatic nitrogens is 2. The van der Waals surface area contributed by atoms with Gasteiger partial charge in [-0.15, -0.1) is 0 Å². The van der Waals surface area contributed by atoms with Gasteiger partial charge in [-0.3, -0.25) is 4.79 Å². The third kappa shape index (κ3) is 5.73. The summed E-state index contributed by atoms with van der Waals surface area (Å²) in [5.74, 6) is 1.81. The van der Waals surface area contributed by atoms with Gasteiger partial charge in [0.2, 0.25) is 5.91 Å². The smallest absolute Gasteiger partial charge is 0.227 e. The molecule has 1 aromatic heterocycles. The second kappa shape index (κ2) is 11.2. The summed E-state index contributed by atoms with van der Waals surface area (Å²) < 4.78 is 5.25. The number of amides is 1. The van der Waals surface area contributed by atoms with E-state index in [1.165, 1.54) is 5.69 Å². The molecular weight excluding hydrogens is 438 g/mol. The number of piperidine rings is 1. The molecule has 0 radical (unpaired) electrons. The molecule has 0 atom stereocenters. The normalized spacial score (nSPS) is 14.0. The van der Waals surface area contributed by atoms with Gasteiger partial charge in [0.05, 0.1) is 12.8 Å². The van der Waals surface area contributed by atoms with Crippen LogP contribution in [0.1, 0.15) is 32.3 Å². The van der Waals surface area contributed by atoms with Crippen molar-refractivity contribution in [2.24, 2.45) is 5.92 Å². The molecule has 1 N–H and O–H groups in total. The van der Waals surface area contributed by atoms with E-state index in [-0.39, 0.29) is 11.8 Å². The third-order valence-electron chi connectivity index (χ3n) is 6.82. The van der Waals surface area contributed by atoms with Gasteiger partial charge in [0, 0.05) is 55.1 Å². The lowest BCUT2D eigenvalue weighted by molar-refractivity contribution is -0.120. The molecular formula is C28H35N5O2. The Labute approximate surface area is 208 Å². The van der Waals surface area contributed by atoms with E-state index in [0.29, 0.717) is 0 Å². The number of carbonyl (C=O) groups is 1. The van der Waals surface area contributed by atoms with Crippen molar-refractivity contribution in [3.05, 3.63) is 60.4 Å².